The molecule has 2 bridgehead atoms. The zero-order chi connectivity index (χ0) is 8.01. The predicted molar refractivity (Wildman–Crippen MR) is 47.6 cm³/mol. The van der Waals surface area contributed by atoms with Gasteiger partial charge in [0.1, 0.15) is 5.78 Å². The van der Waals surface area contributed by atoms with Gasteiger partial charge < -0.3 is 0 Å². The third-order valence-corrected chi connectivity index (χ3v) is 4.02. The van der Waals surface area contributed by atoms with Crippen LogP contribution in [0.1, 0.15) is 13.3 Å². The van der Waals surface area contributed by atoms with Gasteiger partial charge >= 0.3 is 0 Å². The molecular formula is C9H11BrO. The minimum atomic E-state index is 0.0903. The number of halogens is 1. The van der Waals surface area contributed by atoms with Crippen molar-refractivity contribution in [3.05, 3.63) is 12.2 Å². The van der Waals surface area contributed by atoms with Gasteiger partial charge in [-0.2, -0.15) is 0 Å². The van der Waals surface area contributed by atoms with Crippen molar-refractivity contribution in [1.29, 1.82) is 0 Å². The molecule has 4 unspecified atom stereocenters. The van der Waals surface area contributed by atoms with E-state index in [2.05, 4.69) is 28.1 Å². The van der Waals surface area contributed by atoms with Crippen LogP contribution in [0.25, 0.3) is 0 Å². The summed E-state index contributed by atoms with van der Waals surface area (Å²) in [5.41, 5.74) is 0. The molecule has 0 amide bonds. The summed E-state index contributed by atoms with van der Waals surface area (Å²) in [7, 11) is 0. The fourth-order valence-electron chi connectivity index (χ4n) is 2.02. The van der Waals surface area contributed by atoms with E-state index in [0.717, 1.165) is 0 Å². The molecule has 0 aromatic rings. The number of Topliss-reactive ketones (excluding diaryl/α,β-unsaturated/α-hetero) is 1. The first-order chi connectivity index (χ1) is 5.20. The fraction of sp³-hybridized carbons (Fsp3) is 0.667. The van der Waals surface area contributed by atoms with Crippen LogP contribution in [0.2, 0.25) is 0 Å². The second kappa shape index (κ2) is 2.44. The Morgan fingerprint density at radius 2 is 2.09 bits per heavy atom. The minimum Gasteiger partial charge on any atom is -0.298 e. The lowest BCUT2D eigenvalue weighted by Crippen LogP contribution is -2.35. The molecule has 0 aliphatic heterocycles. The highest BCUT2D eigenvalue weighted by atomic mass is 79.9. The van der Waals surface area contributed by atoms with Gasteiger partial charge in [-0.05, 0) is 18.3 Å². The molecule has 1 nitrogen and oxygen atoms in total. The standard InChI is InChI=1S/C9H11BrO/c1-5-6-2-3-7(4-6)8(10)9(5)11/h2-3,5-8H,4H2,1H3. The normalized spacial score (nSPS) is 48.4. The molecule has 2 aliphatic rings. The molecule has 0 N–H and O–H groups in total. The van der Waals surface area contributed by atoms with Crippen LogP contribution in [-0.4, -0.2) is 10.6 Å². The molecule has 0 spiro atoms. The third-order valence-electron chi connectivity index (χ3n) is 2.89. The van der Waals surface area contributed by atoms with E-state index in [0.29, 0.717) is 17.6 Å². The Morgan fingerprint density at radius 3 is 2.82 bits per heavy atom. The van der Waals surface area contributed by atoms with E-state index in [-0.39, 0.29) is 10.7 Å². The SMILES string of the molecule is CC1C(=O)C(Br)C2C=CC1C2. The Balaban J connectivity index is 2.29. The quantitative estimate of drug-likeness (QED) is 0.447. The number of rotatable bonds is 0. The Bertz CT molecular complexity index is 202. The zero-order valence-corrected chi connectivity index (χ0v) is 8.04. The van der Waals surface area contributed by atoms with E-state index >= 15 is 0 Å². The van der Waals surface area contributed by atoms with E-state index in [9.17, 15) is 4.79 Å². The molecule has 4 atom stereocenters. The van der Waals surface area contributed by atoms with Crippen LogP contribution < -0.4 is 0 Å². The molecule has 1 saturated carbocycles. The average Bonchev–Trinajstić information content (AvgIpc) is 2.44. The van der Waals surface area contributed by atoms with Crippen LogP contribution in [0.15, 0.2) is 12.2 Å². The van der Waals surface area contributed by atoms with Gasteiger partial charge in [-0.15, -0.1) is 0 Å². The maximum atomic E-state index is 11.5. The van der Waals surface area contributed by atoms with Crippen LogP contribution in [0.3, 0.4) is 0 Å². The van der Waals surface area contributed by atoms with E-state index in [1.165, 1.54) is 6.42 Å². The topological polar surface area (TPSA) is 17.1 Å². The van der Waals surface area contributed by atoms with E-state index in [1.807, 2.05) is 6.92 Å². The summed E-state index contributed by atoms with van der Waals surface area (Å²) >= 11 is 3.45. The Hall–Kier alpha value is -0.110. The second-order valence-corrected chi connectivity index (χ2v) is 4.53. The maximum absolute atomic E-state index is 11.5. The summed E-state index contributed by atoms with van der Waals surface area (Å²) < 4.78 is 0. The summed E-state index contributed by atoms with van der Waals surface area (Å²) in [5, 5.41) is 0. The number of carbonyl (C=O) groups excluding carboxylic acids is 1. The number of alkyl halides is 1. The summed E-state index contributed by atoms with van der Waals surface area (Å²) in [6, 6.07) is 0. The molecule has 2 aliphatic carbocycles. The van der Waals surface area contributed by atoms with E-state index < -0.39 is 0 Å². The number of hydrogen-bond donors (Lipinski definition) is 0. The molecule has 0 saturated heterocycles. The zero-order valence-electron chi connectivity index (χ0n) is 6.46. The fourth-order valence-corrected chi connectivity index (χ4v) is 2.83. The number of fused-ring (bicyclic) bond motifs is 2. The van der Waals surface area contributed by atoms with Gasteiger partial charge in [0.2, 0.25) is 0 Å². The highest BCUT2D eigenvalue weighted by molar-refractivity contribution is 9.10. The molecule has 60 valence electrons. The minimum absolute atomic E-state index is 0.0903. The second-order valence-electron chi connectivity index (χ2n) is 3.54. The van der Waals surface area contributed by atoms with Gasteiger partial charge in [0, 0.05) is 5.92 Å². The summed E-state index contributed by atoms with van der Waals surface area (Å²) in [6.07, 6.45) is 5.56. The van der Waals surface area contributed by atoms with Crippen molar-refractivity contribution in [2.24, 2.45) is 17.8 Å². The van der Waals surface area contributed by atoms with Crippen LogP contribution in [0.4, 0.5) is 0 Å². The highest BCUT2D eigenvalue weighted by Crippen LogP contribution is 2.41. The number of carbonyl (C=O) groups is 1. The molecule has 2 rings (SSSR count). The molecule has 11 heavy (non-hydrogen) atoms. The van der Waals surface area contributed by atoms with Gasteiger partial charge in [-0.3, -0.25) is 4.79 Å². The Labute approximate surface area is 75.0 Å². The smallest absolute Gasteiger partial charge is 0.150 e. The van der Waals surface area contributed by atoms with Gasteiger partial charge in [0.05, 0.1) is 4.83 Å². The van der Waals surface area contributed by atoms with Crippen molar-refractivity contribution in [3.63, 3.8) is 0 Å². The van der Waals surface area contributed by atoms with Crippen molar-refractivity contribution in [2.45, 2.75) is 18.2 Å². The van der Waals surface area contributed by atoms with Crippen LogP contribution in [0.5, 0.6) is 0 Å². The Morgan fingerprint density at radius 1 is 1.45 bits per heavy atom. The summed E-state index contributed by atoms with van der Waals surface area (Å²) in [4.78, 5) is 11.6. The summed E-state index contributed by atoms with van der Waals surface area (Å²) in [5.74, 6) is 1.62. The van der Waals surface area contributed by atoms with Crippen molar-refractivity contribution in [1.82, 2.24) is 0 Å². The van der Waals surface area contributed by atoms with Gasteiger partial charge in [-0.1, -0.05) is 35.0 Å². The maximum Gasteiger partial charge on any atom is 0.150 e. The van der Waals surface area contributed by atoms with Crippen molar-refractivity contribution in [3.8, 4) is 0 Å². The first kappa shape index (κ1) is 7.53. The first-order valence-corrected chi connectivity index (χ1v) is 4.98. The van der Waals surface area contributed by atoms with Crippen molar-refractivity contribution >= 4 is 21.7 Å². The Kier molecular flexibility index (Phi) is 1.67. The van der Waals surface area contributed by atoms with Crippen LogP contribution in [-0.2, 0) is 4.79 Å². The van der Waals surface area contributed by atoms with Crippen molar-refractivity contribution in [2.75, 3.05) is 0 Å². The van der Waals surface area contributed by atoms with Gasteiger partial charge in [-0.25, -0.2) is 0 Å². The third kappa shape index (κ3) is 0.994. The molecule has 1 fully saturated rings. The lowest BCUT2D eigenvalue weighted by molar-refractivity contribution is -0.124. The van der Waals surface area contributed by atoms with E-state index in [4.69, 9.17) is 0 Å². The number of ketones is 1. The summed E-state index contributed by atoms with van der Waals surface area (Å²) in [6.45, 7) is 2.03. The molecule has 2 heteroatoms. The molecule has 0 radical (unpaired) electrons. The largest absolute Gasteiger partial charge is 0.298 e. The first-order valence-electron chi connectivity index (χ1n) is 4.06. The van der Waals surface area contributed by atoms with Gasteiger partial charge in [0.25, 0.3) is 0 Å². The highest BCUT2D eigenvalue weighted by Gasteiger charge is 2.41. The molecule has 0 aromatic heterocycles. The molecule has 0 aromatic carbocycles. The number of hydrogen-bond acceptors (Lipinski definition) is 1. The van der Waals surface area contributed by atoms with Crippen molar-refractivity contribution < 1.29 is 4.79 Å². The lowest BCUT2D eigenvalue weighted by Gasteiger charge is -2.28. The van der Waals surface area contributed by atoms with Crippen LogP contribution >= 0.6 is 15.9 Å². The van der Waals surface area contributed by atoms with Crippen LogP contribution in [0, 0.1) is 17.8 Å². The predicted octanol–water partition coefficient (Wildman–Crippen LogP) is 2.16. The molecule has 0 heterocycles. The van der Waals surface area contributed by atoms with E-state index in [1.54, 1.807) is 0 Å². The average molecular weight is 215 g/mol. The molecular weight excluding hydrogens is 204 g/mol. The van der Waals surface area contributed by atoms with Gasteiger partial charge in [0.15, 0.2) is 0 Å². The monoisotopic (exact) mass is 214 g/mol. The number of allylic oxidation sites excluding steroid dienone is 2. The lowest BCUT2D eigenvalue weighted by atomic mass is 9.79.